The van der Waals surface area contributed by atoms with E-state index in [2.05, 4.69) is 5.10 Å². The summed E-state index contributed by atoms with van der Waals surface area (Å²) in [6.45, 7) is 4.46. The van der Waals surface area contributed by atoms with Crippen molar-refractivity contribution < 1.29 is 13.9 Å². The SMILES string of the molecule is CCn1c(C2CCN(C(=O)c3cccc(F)c3)CC2)nn(CCOC)c1=O. The van der Waals surface area contributed by atoms with Gasteiger partial charge in [-0.15, -0.1) is 0 Å². The number of hydrogen-bond acceptors (Lipinski definition) is 4. The smallest absolute Gasteiger partial charge is 0.345 e. The molecule has 1 aromatic carbocycles. The minimum atomic E-state index is -0.413. The molecule has 1 amide bonds. The van der Waals surface area contributed by atoms with Gasteiger partial charge in [0.05, 0.1) is 13.2 Å². The molecule has 0 saturated carbocycles. The minimum absolute atomic E-state index is 0.122. The average Bonchev–Trinajstić information content (AvgIpc) is 3.01. The number of benzene rings is 1. The molecule has 2 aromatic rings. The van der Waals surface area contributed by atoms with Crippen LogP contribution in [0.4, 0.5) is 4.39 Å². The van der Waals surface area contributed by atoms with Crippen molar-refractivity contribution in [3.8, 4) is 0 Å². The molecule has 1 aliphatic rings. The van der Waals surface area contributed by atoms with E-state index in [0.29, 0.717) is 38.3 Å². The van der Waals surface area contributed by atoms with Gasteiger partial charge in [-0.1, -0.05) is 6.07 Å². The monoisotopic (exact) mass is 376 g/mol. The van der Waals surface area contributed by atoms with Crippen molar-refractivity contribution in [2.24, 2.45) is 0 Å². The minimum Gasteiger partial charge on any atom is -0.383 e. The molecule has 146 valence electrons. The van der Waals surface area contributed by atoms with Crippen molar-refractivity contribution in [1.82, 2.24) is 19.2 Å². The predicted octanol–water partition coefficient (Wildman–Crippen LogP) is 1.87. The van der Waals surface area contributed by atoms with Crippen molar-refractivity contribution in [1.29, 1.82) is 0 Å². The summed E-state index contributed by atoms with van der Waals surface area (Å²) in [4.78, 5) is 26.8. The van der Waals surface area contributed by atoms with Crippen LogP contribution in [0.15, 0.2) is 29.1 Å². The normalized spacial score (nSPS) is 15.3. The van der Waals surface area contributed by atoms with Gasteiger partial charge in [-0.2, -0.15) is 5.10 Å². The van der Waals surface area contributed by atoms with Crippen LogP contribution in [0, 0.1) is 5.82 Å². The Labute approximate surface area is 157 Å². The van der Waals surface area contributed by atoms with Gasteiger partial charge in [0.2, 0.25) is 0 Å². The van der Waals surface area contributed by atoms with E-state index >= 15 is 0 Å². The fraction of sp³-hybridized carbons (Fsp3) is 0.526. The number of amides is 1. The van der Waals surface area contributed by atoms with E-state index in [1.54, 1.807) is 28.7 Å². The van der Waals surface area contributed by atoms with Gasteiger partial charge < -0.3 is 9.64 Å². The van der Waals surface area contributed by atoms with Gasteiger partial charge in [-0.25, -0.2) is 13.9 Å². The number of ether oxygens (including phenoxy) is 1. The maximum atomic E-state index is 13.4. The van der Waals surface area contributed by atoms with Crippen molar-refractivity contribution in [3.63, 3.8) is 0 Å². The Bertz CT molecular complexity index is 853. The van der Waals surface area contributed by atoms with E-state index in [4.69, 9.17) is 4.74 Å². The molecule has 0 radical (unpaired) electrons. The Balaban J connectivity index is 1.70. The summed E-state index contributed by atoms with van der Waals surface area (Å²) in [5, 5.41) is 4.52. The van der Waals surface area contributed by atoms with Gasteiger partial charge in [-0.05, 0) is 38.0 Å². The highest BCUT2D eigenvalue weighted by Gasteiger charge is 2.28. The van der Waals surface area contributed by atoms with E-state index < -0.39 is 5.82 Å². The number of nitrogens with zero attached hydrogens (tertiary/aromatic N) is 4. The summed E-state index contributed by atoms with van der Waals surface area (Å²) < 4.78 is 21.6. The van der Waals surface area contributed by atoms with Crippen molar-refractivity contribution in [2.45, 2.75) is 38.8 Å². The van der Waals surface area contributed by atoms with Crippen LogP contribution in [0.2, 0.25) is 0 Å². The number of rotatable bonds is 6. The molecule has 7 nitrogen and oxygen atoms in total. The Morgan fingerprint density at radius 1 is 1.33 bits per heavy atom. The first kappa shape index (κ1) is 19.3. The molecular weight excluding hydrogens is 351 g/mol. The molecule has 0 bridgehead atoms. The molecule has 8 heteroatoms. The lowest BCUT2D eigenvalue weighted by Gasteiger charge is -2.31. The largest absolute Gasteiger partial charge is 0.383 e. The molecule has 0 aliphatic carbocycles. The first-order chi connectivity index (χ1) is 13.0. The van der Waals surface area contributed by atoms with Gasteiger partial charge >= 0.3 is 5.69 Å². The van der Waals surface area contributed by atoms with Crippen LogP contribution < -0.4 is 5.69 Å². The molecule has 0 atom stereocenters. The predicted molar refractivity (Wildman–Crippen MR) is 98.3 cm³/mol. The summed E-state index contributed by atoms with van der Waals surface area (Å²) in [7, 11) is 1.59. The number of carbonyl (C=O) groups excluding carboxylic acids is 1. The van der Waals surface area contributed by atoms with Crippen LogP contribution in [0.5, 0.6) is 0 Å². The zero-order valence-corrected chi connectivity index (χ0v) is 15.7. The van der Waals surface area contributed by atoms with Gasteiger partial charge in [0.25, 0.3) is 5.91 Å². The van der Waals surface area contributed by atoms with Crippen LogP contribution in [-0.2, 0) is 17.8 Å². The maximum Gasteiger partial charge on any atom is 0.345 e. The molecule has 0 unspecified atom stereocenters. The highest BCUT2D eigenvalue weighted by Crippen LogP contribution is 2.27. The van der Waals surface area contributed by atoms with Crippen LogP contribution in [-0.4, -0.2) is 52.0 Å². The third-order valence-electron chi connectivity index (χ3n) is 4.99. The number of carbonyl (C=O) groups is 1. The third kappa shape index (κ3) is 4.10. The lowest BCUT2D eigenvalue weighted by Crippen LogP contribution is -2.38. The first-order valence-corrected chi connectivity index (χ1v) is 9.26. The second-order valence-electron chi connectivity index (χ2n) is 6.68. The molecule has 0 spiro atoms. The maximum absolute atomic E-state index is 13.4. The summed E-state index contributed by atoms with van der Waals surface area (Å²) in [5.74, 6) is 0.324. The van der Waals surface area contributed by atoms with Gasteiger partial charge in [0.1, 0.15) is 11.6 Å². The fourth-order valence-corrected chi connectivity index (χ4v) is 3.53. The van der Waals surface area contributed by atoms with E-state index in [1.807, 2.05) is 6.92 Å². The summed E-state index contributed by atoms with van der Waals surface area (Å²) >= 11 is 0. The summed E-state index contributed by atoms with van der Waals surface area (Å²) in [6.07, 6.45) is 1.45. The lowest BCUT2D eigenvalue weighted by molar-refractivity contribution is 0.0709. The van der Waals surface area contributed by atoms with Crippen LogP contribution in [0.3, 0.4) is 0 Å². The Hall–Kier alpha value is -2.48. The highest BCUT2D eigenvalue weighted by atomic mass is 19.1. The molecule has 0 N–H and O–H groups in total. The van der Waals surface area contributed by atoms with Crippen LogP contribution in [0.25, 0.3) is 0 Å². The third-order valence-corrected chi connectivity index (χ3v) is 4.99. The zero-order chi connectivity index (χ0) is 19.4. The second-order valence-corrected chi connectivity index (χ2v) is 6.68. The Morgan fingerprint density at radius 3 is 2.70 bits per heavy atom. The van der Waals surface area contributed by atoms with E-state index in [0.717, 1.165) is 18.7 Å². The zero-order valence-electron chi connectivity index (χ0n) is 15.7. The number of likely N-dealkylation sites (tertiary alicyclic amines) is 1. The van der Waals surface area contributed by atoms with Gasteiger partial charge in [0, 0.05) is 38.2 Å². The highest BCUT2D eigenvalue weighted by molar-refractivity contribution is 5.94. The first-order valence-electron chi connectivity index (χ1n) is 9.26. The summed E-state index contributed by atoms with van der Waals surface area (Å²) in [6, 6.07) is 5.76. The van der Waals surface area contributed by atoms with Crippen LogP contribution in [0.1, 0.15) is 41.9 Å². The van der Waals surface area contributed by atoms with Crippen molar-refractivity contribution >= 4 is 5.91 Å². The van der Waals surface area contributed by atoms with Crippen molar-refractivity contribution in [2.75, 3.05) is 26.8 Å². The van der Waals surface area contributed by atoms with E-state index in [1.165, 1.54) is 16.8 Å². The molecule has 1 aromatic heterocycles. The van der Waals surface area contributed by atoms with Crippen molar-refractivity contribution in [3.05, 3.63) is 52.0 Å². The van der Waals surface area contributed by atoms with Gasteiger partial charge in [0.15, 0.2) is 0 Å². The molecule has 1 saturated heterocycles. The number of hydrogen-bond donors (Lipinski definition) is 0. The second kappa shape index (κ2) is 8.47. The number of methoxy groups -OCH3 is 1. The molecule has 27 heavy (non-hydrogen) atoms. The fourth-order valence-electron chi connectivity index (χ4n) is 3.53. The standard InChI is InChI=1S/C19H25FN4O3/c1-3-23-17(21-24(19(23)26)11-12-27-2)14-7-9-22(10-8-14)18(25)15-5-4-6-16(20)13-15/h4-6,13-14H,3,7-12H2,1-2H3. The van der Waals surface area contributed by atoms with Crippen LogP contribution >= 0.6 is 0 Å². The average molecular weight is 376 g/mol. The van der Waals surface area contributed by atoms with E-state index in [9.17, 15) is 14.0 Å². The molecule has 2 heterocycles. The van der Waals surface area contributed by atoms with Gasteiger partial charge in [-0.3, -0.25) is 9.36 Å². The van der Waals surface area contributed by atoms with E-state index in [-0.39, 0.29) is 17.5 Å². The molecule has 3 rings (SSSR count). The lowest BCUT2D eigenvalue weighted by atomic mass is 9.95. The quantitative estimate of drug-likeness (QED) is 0.772. The topological polar surface area (TPSA) is 69.4 Å². The number of aromatic nitrogens is 3. The number of halogens is 1. The Kier molecular flexibility index (Phi) is 6.05. The number of piperidine rings is 1. The Morgan fingerprint density at radius 2 is 2.07 bits per heavy atom. The molecule has 1 fully saturated rings. The molecular formula is C19H25FN4O3. The molecule has 1 aliphatic heterocycles. The summed E-state index contributed by atoms with van der Waals surface area (Å²) in [5.41, 5.74) is 0.241.